The predicted molar refractivity (Wildman–Crippen MR) is 97.5 cm³/mol. The normalized spacial score (nSPS) is 23.0. The fourth-order valence-corrected chi connectivity index (χ4v) is 3.88. The first kappa shape index (κ1) is 17.1. The molecular weight excluding hydrogens is 300 g/mol. The van der Waals surface area contributed by atoms with Crippen molar-refractivity contribution >= 4 is 11.8 Å². The van der Waals surface area contributed by atoms with Gasteiger partial charge in [0.2, 0.25) is 0 Å². The average Bonchev–Trinajstić information content (AvgIpc) is 3.12. The van der Waals surface area contributed by atoms with Gasteiger partial charge in [0.15, 0.2) is 0 Å². The summed E-state index contributed by atoms with van der Waals surface area (Å²) < 4.78 is 5.33. The number of rotatable bonds is 4. The molecule has 1 aromatic carbocycles. The minimum atomic E-state index is -0.443. The second-order valence-electron chi connectivity index (χ2n) is 8.16. The molecule has 2 atom stereocenters. The molecule has 2 aliphatic rings. The van der Waals surface area contributed by atoms with Gasteiger partial charge in [-0.3, -0.25) is 0 Å². The van der Waals surface area contributed by atoms with Crippen molar-refractivity contribution in [1.82, 2.24) is 5.32 Å². The van der Waals surface area contributed by atoms with Crippen molar-refractivity contribution in [3.63, 3.8) is 0 Å². The standard InChI is InChI=1S/C20H30N2O2/c1-20(2,3)24-19(23)21-13-16-8-5-9-18(16)22-17-11-10-14-6-4-7-15(14)12-17/h10-12,16,18,22H,4-9,13H2,1-3H3,(H,21,23). The molecule has 1 amide bonds. The number of ether oxygens (including phenoxy) is 1. The molecule has 24 heavy (non-hydrogen) atoms. The van der Waals surface area contributed by atoms with Crippen molar-refractivity contribution in [2.75, 3.05) is 11.9 Å². The Kier molecular flexibility index (Phi) is 5.02. The van der Waals surface area contributed by atoms with E-state index in [1.807, 2.05) is 20.8 Å². The maximum Gasteiger partial charge on any atom is 0.407 e. The summed E-state index contributed by atoms with van der Waals surface area (Å²) in [6, 6.07) is 7.23. The molecule has 0 spiro atoms. The third-order valence-electron chi connectivity index (χ3n) is 5.02. The van der Waals surface area contributed by atoms with E-state index in [-0.39, 0.29) is 6.09 Å². The van der Waals surface area contributed by atoms with Gasteiger partial charge in [-0.05, 0) is 82.1 Å². The molecule has 1 aromatic rings. The zero-order valence-electron chi connectivity index (χ0n) is 15.2. The number of anilines is 1. The van der Waals surface area contributed by atoms with Crippen LogP contribution in [0.3, 0.4) is 0 Å². The molecule has 1 saturated carbocycles. The van der Waals surface area contributed by atoms with Crippen molar-refractivity contribution in [1.29, 1.82) is 0 Å². The van der Waals surface area contributed by atoms with Crippen LogP contribution in [-0.4, -0.2) is 24.3 Å². The van der Waals surface area contributed by atoms with E-state index in [9.17, 15) is 4.79 Å². The molecule has 0 aliphatic heterocycles. The van der Waals surface area contributed by atoms with E-state index in [2.05, 4.69) is 28.8 Å². The number of hydrogen-bond acceptors (Lipinski definition) is 3. The summed E-state index contributed by atoms with van der Waals surface area (Å²) in [4.78, 5) is 11.9. The Hall–Kier alpha value is -1.71. The lowest BCUT2D eigenvalue weighted by molar-refractivity contribution is 0.0519. The third-order valence-corrected chi connectivity index (χ3v) is 5.02. The highest BCUT2D eigenvalue weighted by atomic mass is 16.6. The summed E-state index contributed by atoms with van der Waals surface area (Å²) >= 11 is 0. The highest BCUT2D eigenvalue weighted by Crippen LogP contribution is 2.30. The molecular formula is C20H30N2O2. The van der Waals surface area contributed by atoms with E-state index >= 15 is 0 Å². The largest absolute Gasteiger partial charge is 0.444 e. The topological polar surface area (TPSA) is 50.4 Å². The minimum Gasteiger partial charge on any atom is -0.444 e. The fourth-order valence-electron chi connectivity index (χ4n) is 3.88. The molecule has 0 radical (unpaired) electrons. The molecule has 4 heteroatoms. The van der Waals surface area contributed by atoms with Crippen LogP contribution < -0.4 is 10.6 Å². The number of alkyl carbamates (subject to hydrolysis) is 1. The highest BCUT2D eigenvalue weighted by molar-refractivity contribution is 5.67. The summed E-state index contributed by atoms with van der Waals surface area (Å²) in [6.07, 6.45) is 6.93. The number of nitrogens with one attached hydrogen (secondary N) is 2. The first-order valence-corrected chi connectivity index (χ1v) is 9.26. The lowest BCUT2D eigenvalue weighted by atomic mass is 10.0. The van der Waals surface area contributed by atoms with Crippen molar-refractivity contribution in [2.24, 2.45) is 5.92 Å². The SMILES string of the molecule is CC(C)(C)OC(=O)NCC1CCCC1Nc1ccc2c(c1)CCC2. The lowest BCUT2D eigenvalue weighted by Crippen LogP contribution is -2.38. The van der Waals surface area contributed by atoms with Crippen molar-refractivity contribution in [2.45, 2.75) is 70.9 Å². The van der Waals surface area contributed by atoms with Crippen LogP contribution in [0.2, 0.25) is 0 Å². The number of fused-ring (bicyclic) bond motifs is 1. The predicted octanol–water partition coefficient (Wildman–Crippen LogP) is 4.28. The smallest absolute Gasteiger partial charge is 0.407 e. The van der Waals surface area contributed by atoms with Gasteiger partial charge < -0.3 is 15.4 Å². The van der Waals surface area contributed by atoms with Gasteiger partial charge in [0.25, 0.3) is 0 Å². The van der Waals surface area contributed by atoms with Gasteiger partial charge in [-0.15, -0.1) is 0 Å². The van der Waals surface area contributed by atoms with Crippen molar-refractivity contribution in [3.05, 3.63) is 29.3 Å². The highest BCUT2D eigenvalue weighted by Gasteiger charge is 2.28. The Labute approximate surface area is 145 Å². The summed E-state index contributed by atoms with van der Waals surface area (Å²) in [5.41, 5.74) is 3.79. The van der Waals surface area contributed by atoms with E-state index in [0.717, 1.165) is 12.8 Å². The third kappa shape index (κ3) is 4.43. The Morgan fingerprint density at radius 3 is 2.75 bits per heavy atom. The first-order valence-electron chi connectivity index (χ1n) is 9.26. The Morgan fingerprint density at radius 1 is 1.17 bits per heavy atom. The summed E-state index contributed by atoms with van der Waals surface area (Å²) in [6.45, 7) is 6.35. The summed E-state index contributed by atoms with van der Waals surface area (Å²) in [5, 5.41) is 6.64. The zero-order chi connectivity index (χ0) is 17.2. The number of amides is 1. The van der Waals surface area contributed by atoms with Gasteiger partial charge >= 0.3 is 6.09 Å². The number of hydrogen-bond donors (Lipinski definition) is 2. The molecule has 3 rings (SSSR count). The van der Waals surface area contributed by atoms with Gasteiger partial charge in [-0.2, -0.15) is 0 Å². The maximum atomic E-state index is 11.9. The average molecular weight is 330 g/mol. The fraction of sp³-hybridized carbons (Fsp3) is 0.650. The first-order chi connectivity index (χ1) is 11.4. The number of aryl methyl sites for hydroxylation is 2. The van der Waals surface area contributed by atoms with Crippen LogP contribution >= 0.6 is 0 Å². The quantitative estimate of drug-likeness (QED) is 0.866. The van der Waals surface area contributed by atoms with Crippen LogP contribution in [0, 0.1) is 5.92 Å². The van der Waals surface area contributed by atoms with Gasteiger partial charge in [0.1, 0.15) is 5.60 Å². The van der Waals surface area contributed by atoms with Crippen LogP contribution in [0.25, 0.3) is 0 Å². The van der Waals surface area contributed by atoms with Gasteiger partial charge in [-0.25, -0.2) is 4.79 Å². The van der Waals surface area contributed by atoms with Crippen LogP contribution in [0.15, 0.2) is 18.2 Å². The lowest BCUT2D eigenvalue weighted by Gasteiger charge is -2.24. The van der Waals surface area contributed by atoms with Gasteiger partial charge in [0.05, 0.1) is 0 Å². The van der Waals surface area contributed by atoms with Crippen LogP contribution in [-0.2, 0) is 17.6 Å². The zero-order valence-corrected chi connectivity index (χ0v) is 15.2. The second-order valence-corrected chi connectivity index (χ2v) is 8.16. The Bertz CT molecular complexity index is 592. The minimum absolute atomic E-state index is 0.314. The molecule has 4 nitrogen and oxygen atoms in total. The van der Waals surface area contributed by atoms with Crippen LogP contribution in [0.5, 0.6) is 0 Å². The van der Waals surface area contributed by atoms with E-state index in [1.165, 1.54) is 42.5 Å². The molecule has 0 aromatic heterocycles. The molecule has 0 heterocycles. The maximum absolute atomic E-state index is 11.9. The molecule has 2 unspecified atom stereocenters. The molecule has 0 bridgehead atoms. The number of carbonyl (C=O) groups is 1. The number of benzene rings is 1. The molecule has 2 N–H and O–H groups in total. The van der Waals surface area contributed by atoms with E-state index in [4.69, 9.17) is 4.74 Å². The van der Waals surface area contributed by atoms with E-state index in [1.54, 1.807) is 0 Å². The van der Waals surface area contributed by atoms with Crippen LogP contribution in [0.1, 0.15) is 57.6 Å². The van der Waals surface area contributed by atoms with Crippen molar-refractivity contribution in [3.8, 4) is 0 Å². The van der Waals surface area contributed by atoms with Crippen LogP contribution in [0.4, 0.5) is 10.5 Å². The van der Waals surface area contributed by atoms with Gasteiger partial charge in [0, 0.05) is 18.3 Å². The van der Waals surface area contributed by atoms with Gasteiger partial charge in [-0.1, -0.05) is 12.5 Å². The second kappa shape index (κ2) is 7.04. The van der Waals surface area contributed by atoms with E-state index < -0.39 is 5.60 Å². The Morgan fingerprint density at radius 2 is 1.96 bits per heavy atom. The molecule has 132 valence electrons. The summed E-state index contributed by atoms with van der Waals surface area (Å²) in [5.74, 6) is 0.464. The van der Waals surface area contributed by atoms with Crippen molar-refractivity contribution < 1.29 is 9.53 Å². The summed E-state index contributed by atoms with van der Waals surface area (Å²) in [7, 11) is 0. The molecule has 0 saturated heterocycles. The van der Waals surface area contributed by atoms with E-state index in [0.29, 0.717) is 18.5 Å². The molecule has 1 fully saturated rings. The Balaban J connectivity index is 1.53. The molecule has 2 aliphatic carbocycles. The monoisotopic (exact) mass is 330 g/mol. The number of carbonyl (C=O) groups excluding carboxylic acids is 1.